The topological polar surface area (TPSA) is 113 Å². The molecule has 0 N–H and O–H groups in total. The average molecular weight is 706 g/mol. The van der Waals surface area contributed by atoms with Crippen LogP contribution in [0.25, 0.3) is 33.1 Å². The minimum atomic E-state index is -3.62. The minimum Gasteiger partial charge on any atom is -0.264 e. The Balaban J connectivity index is 1.02. The molecule has 9 nitrogen and oxygen atoms in total. The highest BCUT2D eigenvalue weighted by Crippen LogP contribution is 2.35. The Morgan fingerprint density at radius 1 is 0.660 bits per heavy atom. The van der Waals surface area contributed by atoms with E-state index >= 15 is 0 Å². The molecule has 244 valence electrons. The maximum atomic E-state index is 13.6. The second kappa shape index (κ2) is 13.3. The van der Waals surface area contributed by atoms with Crippen molar-refractivity contribution in [2.24, 2.45) is 0 Å². The summed E-state index contributed by atoms with van der Waals surface area (Å²) in [6.45, 7) is 4.03. The molecule has 0 bridgehead atoms. The highest BCUT2D eigenvalue weighted by molar-refractivity contribution is 7.89. The third kappa shape index (κ3) is 6.70. The molecule has 2 fully saturated rings. The summed E-state index contributed by atoms with van der Waals surface area (Å²) in [4.78, 5) is 14.5. The van der Waals surface area contributed by atoms with E-state index in [1.807, 2.05) is 54.3 Å². The van der Waals surface area contributed by atoms with Gasteiger partial charge in [0, 0.05) is 66.0 Å². The molecule has 2 saturated heterocycles. The van der Waals surface area contributed by atoms with E-state index in [4.69, 9.17) is 4.98 Å². The first-order valence-corrected chi connectivity index (χ1v) is 20.4. The summed E-state index contributed by atoms with van der Waals surface area (Å²) < 4.78 is 56.2. The predicted octanol–water partition coefficient (Wildman–Crippen LogP) is 7.05. The Labute approximate surface area is 284 Å². The number of pyridine rings is 1. The van der Waals surface area contributed by atoms with Crippen molar-refractivity contribution in [3.63, 3.8) is 0 Å². The number of hydrogen-bond acceptors (Lipinski definition) is 9. The molecule has 0 spiro atoms. The second-order valence-electron chi connectivity index (χ2n) is 12.0. The number of thiazole rings is 2. The predicted molar refractivity (Wildman–Crippen MR) is 186 cm³/mol. The number of aryl methyl sites for hydroxylation is 1. The fraction of sp³-hybridized carbons (Fsp3) is 0.324. The second-order valence-corrected chi connectivity index (χ2v) is 17.8. The minimum absolute atomic E-state index is 0.183. The number of hydrogen-bond donors (Lipinski definition) is 0. The molecule has 5 heterocycles. The number of benzene rings is 2. The van der Waals surface area contributed by atoms with Crippen molar-refractivity contribution in [2.75, 3.05) is 26.2 Å². The van der Waals surface area contributed by atoms with Crippen molar-refractivity contribution >= 4 is 42.7 Å². The zero-order chi connectivity index (χ0) is 32.6. The van der Waals surface area contributed by atoms with Crippen LogP contribution in [0, 0.1) is 6.92 Å². The number of rotatable bonds is 8. The maximum Gasteiger partial charge on any atom is 0.243 e. The van der Waals surface area contributed by atoms with Gasteiger partial charge in [0.15, 0.2) is 0 Å². The number of sulfonamides is 2. The van der Waals surface area contributed by atoms with Gasteiger partial charge < -0.3 is 0 Å². The van der Waals surface area contributed by atoms with Crippen LogP contribution < -0.4 is 0 Å². The standard InChI is InChI=1S/C34H35N5O4S4/c1-24-36-32(22-44-24)26-6-10-31(11-7-26)47(42,43)39-17-4-5-25(14-18-39)28-19-29(21-35-20-28)34-37-33(23-45-34)27-8-12-30(13-9-27)46(40,41)38-15-2-3-16-38/h6-13,19-23,25H,2-5,14-18H2,1H3. The normalized spacial score (nSPS) is 18.4. The monoisotopic (exact) mass is 705 g/mol. The van der Waals surface area contributed by atoms with Gasteiger partial charge in [-0.3, -0.25) is 4.98 Å². The van der Waals surface area contributed by atoms with Crippen molar-refractivity contribution in [2.45, 2.75) is 54.7 Å². The third-order valence-electron chi connectivity index (χ3n) is 8.93. The van der Waals surface area contributed by atoms with Gasteiger partial charge in [-0.1, -0.05) is 24.3 Å². The van der Waals surface area contributed by atoms with Gasteiger partial charge in [0.1, 0.15) is 5.01 Å². The Hall–Kier alpha value is -3.33. The quantitative estimate of drug-likeness (QED) is 0.170. The van der Waals surface area contributed by atoms with Crippen molar-refractivity contribution in [1.82, 2.24) is 23.6 Å². The van der Waals surface area contributed by atoms with E-state index in [-0.39, 0.29) is 5.92 Å². The van der Waals surface area contributed by atoms with Gasteiger partial charge >= 0.3 is 0 Å². The molecule has 0 aliphatic carbocycles. The van der Waals surface area contributed by atoms with Crippen LogP contribution in [-0.4, -0.2) is 66.6 Å². The number of aromatic nitrogens is 3. The number of nitrogens with zero attached hydrogens (tertiary/aromatic N) is 5. The zero-order valence-electron chi connectivity index (χ0n) is 25.9. The lowest BCUT2D eigenvalue weighted by molar-refractivity contribution is 0.421. The molecule has 2 aromatic carbocycles. The first-order valence-electron chi connectivity index (χ1n) is 15.7. The molecule has 0 amide bonds. The highest BCUT2D eigenvalue weighted by atomic mass is 32.2. The average Bonchev–Trinajstić information content (AvgIpc) is 3.86. The maximum absolute atomic E-state index is 13.6. The summed E-state index contributed by atoms with van der Waals surface area (Å²) in [5, 5.41) is 5.76. The van der Waals surface area contributed by atoms with Crippen molar-refractivity contribution in [3.05, 3.63) is 88.3 Å². The molecule has 7 rings (SSSR count). The SMILES string of the molecule is Cc1nc(-c2ccc(S(=O)(=O)N3CCCC(c4cncc(-c5nc(-c6ccc(S(=O)(=O)N7CCCC7)cc6)cs5)c4)CC3)cc2)cs1. The van der Waals surface area contributed by atoms with Crippen LogP contribution in [0.2, 0.25) is 0 Å². The molecule has 5 aromatic rings. The summed E-state index contributed by atoms with van der Waals surface area (Å²) in [7, 11) is -7.08. The van der Waals surface area contributed by atoms with Crippen LogP contribution in [0.15, 0.2) is 87.5 Å². The molecule has 1 unspecified atom stereocenters. The molecule has 47 heavy (non-hydrogen) atoms. The largest absolute Gasteiger partial charge is 0.264 e. The van der Waals surface area contributed by atoms with Crippen LogP contribution in [0.1, 0.15) is 48.6 Å². The molecular formula is C34H35N5O4S4. The Morgan fingerprint density at radius 2 is 1.23 bits per heavy atom. The fourth-order valence-corrected chi connectivity index (χ4v) is 10.7. The van der Waals surface area contributed by atoms with E-state index in [1.165, 1.54) is 11.3 Å². The fourth-order valence-electron chi connectivity index (χ4n) is 6.30. The van der Waals surface area contributed by atoms with Crippen LogP contribution in [-0.2, 0) is 20.0 Å². The summed E-state index contributed by atoms with van der Waals surface area (Å²) in [5.41, 5.74) is 5.40. The van der Waals surface area contributed by atoms with Gasteiger partial charge in [0.25, 0.3) is 0 Å². The molecule has 3 aromatic heterocycles. The highest BCUT2D eigenvalue weighted by Gasteiger charge is 2.29. The Morgan fingerprint density at radius 3 is 1.85 bits per heavy atom. The summed E-state index contributed by atoms with van der Waals surface area (Å²) in [6.07, 6.45) is 7.83. The zero-order valence-corrected chi connectivity index (χ0v) is 29.2. The molecule has 0 saturated carbocycles. The van der Waals surface area contributed by atoms with Gasteiger partial charge in [-0.25, -0.2) is 26.8 Å². The van der Waals surface area contributed by atoms with Gasteiger partial charge in [0.2, 0.25) is 20.0 Å². The third-order valence-corrected chi connectivity index (χ3v) is 14.4. The molecule has 0 radical (unpaired) electrons. The van der Waals surface area contributed by atoms with E-state index in [2.05, 4.69) is 16.0 Å². The first-order chi connectivity index (χ1) is 22.7. The van der Waals surface area contributed by atoms with Crippen molar-refractivity contribution in [1.29, 1.82) is 0 Å². The lowest BCUT2D eigenvalue weighted by Crippen LogP contribution is -2.32. The Kier molecular flexibility index (Phi) is 9.11. The molecule has 2 aliphatic heterocycles. The van der Waals surface area contributed by atoms with Crippen LogP contribution >= 0.6 is 22.7 Å². The van der Waals surface area contributed by atoms with Crippen molar-refractivity contribution < 1.29 is 16.8 Å². The lowest BCUT2D eigenvalue weighted by atomic mass is 9.92. The van der Waals surface area contributed by atoms with E-state index in [0.717, 1.165) is 69.3 Å². The smallest absolute Gasteiger partial charge is 0.243 e. The van der Waals surface area contributed by atoms with E-state index < -0.39 is 20.0 Å². The Bertz CT molecular complexity index is 2090. The van der Waals surface area contributed by atoms with E-state index in [1.54, 1.807) is 44.2 Å². The van der Waals surface area contributed by atoms with Gasteiger partial charge in [-0.2, -0.15) is 8.61 Å². The van der Waals surface area contributed by atoms with E-state index in [9.17, 15) is 16.8 Å². The van der Waals surface area contributed by atoms with E-state index in [0.29, 0.717) is 42.4 Å². The van der Waals surface area contributed by atoms with Gasteiger partial charge in [0.05, 0.1) is 26.2 Å². The summed E-state index contributed by atoms with van der Waals surface area (Å²) in [6, 6.07) is 16.1. The summed E-state index contributed by atoms with van der Waals surface area (Å²) >= 11 is 3.09. The van der Waals surface area contributed by atoms with Crippen molar-refractivity contribution in [3.8, 4) is 33.1 Å². The molecule has 2 aliphatic rings. The molecule has 13 heteroatoms. The van der Waals surface area contributed by atoms with Gasteiger partial charge in [-0.15, -0.1) is 22.7 Å². The van der Waals surface area contributed by atoms with Gasteiger partial charge in [-0.05, 0) is 80.8 Å². The first kappa shape index (κ1) is 32.2. The van der Waals surface area contributed by atoms with Crippen LogP contribution in [0.3, 0.4) is 0 Å². The summed E-state index contributed by atoms with van der Waals surface area (Å²) in [5.74, 6) is 0.183. The molecule has 1 atom stereocenters. The van der Waals surface area contributed by atoms with Crippen LogP contribution in [0.5, 0.6) is 0 Å². The lowest BCUT2D eigenvalue weighted by Gasteiger charge is -2.20. The van der Waals surface area contributed by atoms with Crippen LogP contribution in [0.4, 0.5) is 0 Å². The molecular weight excluding hydrogens is 671 g/mol.